The van der Waals surface area contributed by atoms with Gasteiger partial charge in [-0.3, -0.25) is 0 Å². The molecule has 1 atom stereocenters. The third-order valence-corrected chi connectivity index (χ3v) is 12.6. The zero-order valence-electron chi connectivity index (χ0n) is 30.8. The Kier molecular flexibility index (Phi) is 5.94. The molecule has 3 heterocycles. The summed E-state index contributed by atoms with van der Waals surface area (Å²) in [5.74, 6) is 0.456. The number of allylic oxidation sites excluding steroid dienone is 1. The first-order valence-corrected chi connectivity index (χ1v) is 19.7. The van der Waals surface area contributed by atoms with Gasteiger partial charge >= 0.3 is 0 Å². The fraction of sp³-hybridized carbons (Fsp3) is 0.0566. The molecule has 1 aliphatic carbocycles. The largest absolute Gasteiger partial charge is 0.455 e. The fourth-order valence-electron chi connectivity index (χ4n) is 10.3. The summed E-state index contributed by atoms with van der Waals surface area (Å²) in [6.07, 6.45) is 5.83. The molecule has 0 aliphatic heterocycles. The number of hydrogen-bond acceptors (Lipinski definition) is 1. The van der Waals surface area contributed by atoms with E-state index in [0.717, 1.165) is 50.6 Å². The van der Waals surface area contributed by atoms with Gasteiger partial charge in [0.25, 0.3) is 0 Å². The molecule has 3 heteroatoms. The molecule has 56 heavy (non-hydrogen) atoms. The molecule has 0 bridgehead atoms. The average molecular weight is 715 g/mol. The number of aromatic nitrogens is 2. The predicted octanol–water partition coefficient (Wildman–Crippen LogP) is 14.4. The van der Waals surface area contributed by atoms with Crippen LogP contribution in [0.1, 0.15) is 18.1 Å². The van der Waals surface area contributed by atoms with Crippen LogP contribution >= 0.6 is 0 Å². The quantitative estimate of drug-likeness (QED) is 0.164. The van der Waals surface area contributed by atoms with E-state index in [1.807, 2.05) is 6.07 Å². The number of rotatable bonds is 2. The van der Waals surface area contributed by atoms with Gasteiger partial charge in [-0.2, -0.15) is 0 Å². The van der Waals surface area contributed by atoms with Crippen LogP contribution < -0.4 is 0 Å². The van der Waals surface area contributed by atoms with Crippen LogP contribution in [0.4, 0.5) is 0 Å². The van der Waals surface area contributed by atoms with E-state index in [2.05, 4.69) is 180 Å². The summed E-state index contributed by atoms with van der Waals surface area (Å²) in [5.41, 5.74) is 11.7. The number of para-hydroxylation sites is 3. The lowest BCUT2D eigenvalue weighted by Crippen LogP contribution is -2.07. The lowest BCUT2D eigenvalue weighted by Gasteiger charge is -2.23. The maximum absolute atomic E-state index is 6.58. The van der Waals surface area contributed by atoms with E-state index in [1.54, 1.807) is 0 Å². The maximum atomic E-state index is 6.58. The van der Waals surface area contributed by atoms with Gasteiger partial charge in [-0.15, -0.1) is 0 Å². The third-order valence-electron chi connectivity index (χ3n) is 12.6. The van der Waals surface area contributed by atoms with Crippen molar-refractivity contribution in [2.75, 3.05) is 0 Å². The van der Waals surface area contributed by atoms with Crippen molar-refractivity contribution in [3.05, 3.63) is 175 Å². The normalized spacial score (nSPS) is 14.6. The average Bonchev–Trinajstić information content (AvgIpc) is 3.92. The van der Waals surface area contributed by atoms with Crippen LogP contribution in [0.5, 0.6) is 0 Å². The summed E-state index contributed by atoms with van der Waals surface area (Å²) in [5, 5.41) is 15.3. The van der Waals surface area contributed by atoms with E-state index < -0.39 is 0 Å². The van der Waals surface area contributed by atoms with Gasteiger partial charge in [0.2, 0.25) is 0 Å². The van der Waals surface area contributed by atoms with Crippen molar-refractivity contribution in [2.24, 2.45) is 5.92 Å². The second kappa shape index (κ2) is 11.0. The molecule has 0 amide bonds. The maximum Gasteiger partial charge on any atom is 0.145 e. The Hall–Kier alpha value is -7.10. The summed E-state index contributed by atoms with van der Waals surface area (Å²) in [6, 6.07) is 57.8. The standard InChI is InChI=1S/C53H34N2O/c1-31-22-27-39-43(30-31)48-37-15-4-2-12-34(37)35-13-3-5-16-38(35)50(48)51-42-18-7-10-20-45(42)55(52(39)51)33-25-23-32(24-26-33)54-44-19-9-6-17-41(44)49-46(54)29-28-40-36-14-8-11-21-47(36)56-53(40)49/h2-29,31H,30H2,1H3. The van der Waals surface area contributed by atoms with Crippen LogP contribution in [0.15, 0.2) is 168 Å². The van der Waals surface area contributed by atoms with Crippen LogP contribution in [-0.4, -0.2) is 9.13 Å². The van der Waals surface area contributed by atoms with Crippen molar-refractivity contribution in [3.63, 3.8) is 0 Å². The Morgan fingerprint density at radius 1 is 0.446 bits per heavy atom. The SMILES string of the molecule is CC1C=Cc2c(c3c4ccccc4c4ccccc4c3c3c4ccccc4n(-c4ccc(-n5c6ccccc6c6c7oc8ccccc8c7ccc65)cc4)c23)C1. The van der Waals surface area contributed by atoms with Crippen molar-refractivity contribution in [2.45, 2.75) is 13.3 Å². The van der Waals surface area contributed by atoms with E-state index in [-0.39, 0.29) is 0 Å². The first-order chi connectivity index (χ1) is 27.7. The minimum Gasteiger partial charge on any atom is -0.455 e. The highest BCUT2D eigenvalue weighted by Crippen LogP contribution is 2.49. The van der Waals surface area contributed by atoms with Gasteiger partial charge in [0.15, 0.2) is 0 Å². The van der Waals surface area contributed by atoms with Gasteiger partial charge in [-0.05, 0) is 99.4 Å². The van der Waals surface area contributed by atoms with Crippen LogP contribution in [0, 0.1) is 5.92 Å². The molecule has 0 radical (unpaired) electrons. The van der Waals surface area contributed by atoms with Gasteiger partial charge < -0.3 is 13.6 Å². The van der Waals surface area contributed by atoms with Gasteiger partial charge in [-0.25, -0.2) is 0 Å². The smallest absolute Gasteiger partial charge is 0.145 e. The number of benzene rings is 9. The summed E-state index contributed by atoms with van der Waals surface area (Å²) in [7, 11) is 0. The van der Waals surface area contributed by atoms with Crippen molar-refractivity contribution >= 4 is 104 Å². The topological polar surface area (TPSA) is 23.0 Å². The molecule has 0 saturated carbocycles. The molecule has 262 valence electrons. The van der Waals surface area contributed by atoms with E-state index in [0.29, 0.717) is 5.92 Å². The van der Waals surface area contributed by atoms with Gasteiger partial charge in [0.1, 0.15) is 11.2 Å². The molecular formula is C53H34N2O. The number of furan rings is 1. The molecule has 12 aromatic rings. The number of fused-ring (bicyclic) bond motifs is 20. The van der Waals surface area contributed by atoms with E-state index >= 15 is 0 Å². The minimum atomic E-state index is 0.456. The fourth-order valence-corrected chi connectivity index (χ4v) is 10.3. The highest BCUT2D eigenvalue weighted by molar-refractivity contribution is 6.37. The zero-order chi connectivity index (χ0) is 36.6. The minimum absolute atomic E-state index is 0.456. The van der Waals surface area contributed by atoms with Gasteiger partial charge in [0, 0.05) is 49.3 Å². The second-order valence-electron chi connectivity index (χ2n) is 15.7. The highest BCUT2D eigenvalue weighted by atomic mass is 16.3. The molecule has 0 saturated heterocycles. The molecule has 13 rings (SSSR count). The van der Waals surface area contributed by atoms with Crippen molar-refractivity contribution < 1.29 is 4.42 Å². The van der Waals surface area contributed by atoms with E-state index in [1.165, 1.54) is 76.2 Å². The number of hydrogen-bond donors (Lipinski definition) is 0. The molecular weight excluding hydrogens is 681 g/mol. The highest BCUT2D eigenvalue weighted by Gasteiger charge is 2.27. The molecule has 1 unspecified atom stereocenters. The molecule has 1 aliphatic rings. The van der Waals surface area contributed by atoms with Gasteiger partial charge in [-0.1, -0.05) is 122 Å². The Balaban J connectivity index is 1.11. The predicted molar refractivity (Wildman–Crippen MR) is 237 cm³/mol. The van der Waals surface area contributed by atoms with Crippen LogP contribution in [0.3, 0.4) is 0 Å². The summed E-state index contributed by atoms with van der Waals surface area (Å²) < 4.78 is 11.5. The lowest BCUT2D eigenvalue weighted by molar-refractivity contribution is 0.673. The second-order valence-corrected chi connectivity index (χ2v) is 15.7. The van der Waals surface area contributed by atoms with Crippen LogP contribution in [-0.2, 0) is 6.42 Å². The van der Waals surface area contributed by atoms with Crippen LogP contribution in [0.2, 0.25) is 0 Å². The summed E-state index contributed by atoms with van der Waals surface area (Å²) in [6.45, 7) is 2.35. The molecule has 3 aromatic heterocycles. The zero-order valence-corrected chi connectivity index (χ0v) is 30.8. The molecule has 0 fully saturated rings. The van der Waals surface area contributed by atoms with Crippen LogP contribution in [0.25, 0.3) is 115 Å². The molecule has 9 aromatic carbocycles. The Bertz CT molecular complexity index is 3680. The van der Waals surface area contributed by atoms with E-state index in [9.17, 15) is 0 Å². The first kappa shape index (κ1) is 30.3. The number of nitrogens with zero attached hydrogens (tertiary/aromatic N) is 2. The third kappa shape index (κ3) is 3.86. The Morgan fingerprint density at radius 2 is 1.00 bits per heavy atom. The van der Waals surface area contributed by atoms with Gasteiger partial charge in [0.05, 0.1) is 27.5 Å². The lowest BCUT2D eigenvalue weighted by atomic mass is 9.81. The van der Waals surface area contributed by atoms with E-state index in [4.69, 9.17) is 4.42 Å². The first-order valence-electron chi connectivity index (χ1n) is 19.7. The molecule has 0 N–H and O–H groups in total. The molecule has 3 nitrogen and oxygen atoms in total. The summed E-state index contributed by atoms with van der Waals surface area (Å²) in [4.78, 5) is 0. The summed E-state index contributed by atoms with van der Waals surface area (Å²) >= 11 is 0. The Morgan fingerprint density at radius 3 is 1.71 bits per heavy atom. The monoisotopic (exact) mass is 714 g/mol. The Labute approximate surface area is 321 Å². The van der Waals surface area contributed by atoms with Crippen molar-refractivity contribution in [1.82, 2.24) is 9.13 Å². The van der Waals surface area contributed by atoms with Crippen molar-refractivity contribution in [1.29, 1.82) is 0 Å². The molecule has 0 spiro atoms. The van der Waals surface area contributed by atoms with Crippen molar-refractivity contribution in [3.8, 4) is 11.4 Å².